The minimum atomic E-state index is -0.525. The number of halogens is 2. The fourth-order valence-electron chi connectivity index (χ4n) is 2.05. The van der Waals surface area contributed by atoms with Crippen molar-refractivity contribution in [1.82, 2.24) is 5.32 Å². The van der Waals surface area contributed by atoms with Crippen molar-refractivity contribution in [3.05, 3.63) is 63.9 Å². The van der Waals surface area contributed by atoms with Crippen LogP contribution in [0.15, 0.2) is 46.9 Å². The molecule has 2 aromatic rings. The average Bonchev–Trinajstić information content (AvgIpc) is 2.51. The van der Waals surface area contributed by atoms with Gasteiger partial charge in [-0.15, -0.1) is 0 Å². The van der Waals surface area contributed by atoms with Crippen molar-refractivity contribution in [2.75, 3.05) is 5.32 Å². The zero-order valence-corrected chi connectivity index (χ0v) is 15.9. The summed E-state index contributed by atoms with van der Waals surface area (Å²) in [5.74, 6) is -0.799. The third-order valence-corrected chi connectivity index (χ3v) is 3.90. The van der Waals surface area contributed by atoms with E-state index in [1.165, 1.54) is 12.1 Å². The van der Waals surface area contributed by atoms with Crippen molar-refractivity contribution in [1.29, 1.82) is 0 Å². The largest absolute Gasteiger partial charge is 0.348 e. The van der Waals surface area contributed by atoms with E-state index in [0.29, 0.717) is 21.3 Å². The van der Waals surface area contributed by atoms with E-state index in [1.807, 2.05) is 20.8 Å². The van der Waals surface area contributed by atoms with Crippen molar-refractivity contribution in [2.24, 2.45) is 5.41 Å². The third-order valence-electron chi connectivity index (χ3n) is 3.44. The molecule has 0 spiro atoms. The lowest BCUT2D eigenvalue weighted by atomic mass is 9.95. The summed E-state index contributed by atoms with van der Waals surface area (Å²) in [6.45, 7) is 5.65. The maximum atomic E-state index is 13.4. The molecule has 0 aliphatic heterocycles. The summed E-state index contributed by atoms with van der Waals surface area (Å²) in [5.41, 5.74) is 1.10. The van der Waals surface area contributed by atoms with Crippen molar-refractivity contribution in [3.8, 4) is 0 Å². The molecule has 0 fully saturated rings. The van der Waals surface area contributed by atoms with Crippen LogP contribution in [0, 0.1) is 11.2 Å². The molecule has 0 atom stereocenters. The molecule has 0 saturated carbocycles. The SMILES string of the molecule is CC(C)(C)C(=O)Nc1cccc(C(=O)NCc2cc(F)cc(Br)c2)c1. The Morgan fingerprint density at radius 2 is 1.84 bits per heavy atom. The van der Waals surface area contributed by atoms with Crippen LogP contribution in [-0.2, 0) is 11.3 Å². The van der Waals surface area contributed by atoms with Crippen molar-refractivity contribution < 1.29 is 14.0 Å². The van der Waals surface area contributed by atoms with Gasteiger partial charge in [0.05, 0.1) is 0 Å². The Kier molecular flexibility index (Phi) is 5.95. The van der Waals surface area contributed by atoms with E-state index >= 15 is 0 Å². The maximum absolute atomic E-state index is 13.4. The van der Waals surface area contributed by atoms with Gasteiger partial charge in [0.15, 0.2) is 0 Å². The first-order chi connectivity index (χ1) is 11.6. The second-order valence-corrected chi connectivity index (χ2v) is 7.66. The molecule has 0 radical (unpaired) electrons. The normalized spacial score (nSPS) is 11.1. The first kappa shape index (κ1) is 19.1. The summed E-state index contributed by atoms with van der Waals surface area (Å²) in [4.78, 5) is 24.3. The van der Waals surface area contributed by atoms with Crippen LogP contribution in [0.25, 0.3) is 0 Å². The van der Waals surface area contributed by atoms with E-state index in [0.717, 1.165) is 0 Å². The average molecular weight is 407 g/mol. The molecule has 2 rings (SSSR count). The molecule has 132 valence electrons. The van der Waals surface area contributed by atoms with E-state index in [1.54, 1.807) is 30.3 Å². The predicted octanol–water partition coefficient (Wildman–Crippen LogP) is 4.50. The van der Waals surface area contributed by atoms with Crippen molar-refractivity contribution in [2.45, 2.75) is 27.3 Å². The van der Waals surface area contributed by atoms with Gasteiger partial charge in [0, 0.05) is 27.7 Å². The van der Waals surface area contributed by atoms with Gasteiger partial charge in [-0.05, 0) is 42.0 Å². The van der Waals surface area contributed by atoms with Crippen LogP contribution >= 0.6 is 15.9 Å². The number of carbonyl (C=O) groups excluding carboxylic acids is 2. The van der Waals surface area contributed by atoms with Gasteiger partial charge in [0.1, 0.15) is 5.82 Å². The van der Waals surface area contributed by atoms with Crippen LogP contribution in [0.2, 0.25) is 0 Å². The molecule has 2 aromatic carbocycles. The summed E-state index contributed by atoms with van der Waals surface area (Å²) in [6.07, 6.45) is 0. The van der Waals surface area contributed by atoms with E-state index < -0.39 is 5.41 Å². The topological polar surface area (TPSA) is 58.2 Å². The highest BCUT2D eigenvalue weighted by atomic mass is 79.9. The number of anilines is 1. The van der Waals surface area contributed by atoms with Crippen molar-refractivity contribution in [3.63, 3.8) is 0 Å². The number of carbonyl (C=O) groups is 2. The molecule has 2 N–H and O–H groups in total. The summed E-state index contributed by atoms with van der Waals surface area (Å²) >= 11 is 3.22. The van der Waals surface area contributed by atoms with Gasteiger partial charge in [-0.3, -0.25) is 9.59 Å². The second kappa shape index (κ2) is 7.78. The van der Waals surface area contributed by atoms with E-state index in [9.17, 15) is 14.0 Å². The fraction of sp³-hybridized carbons (Fsp3) is 0.263. The number of hydrogen-bond donors (Lipinski definition) is 2. The lowest BCUT2D eigenvalue weighted by Gasteiger charge is -2.18. The first-order valence-corrected chi connectivity index (χ1v) is 8.59. The predicted molar refractivity (Wildman–Crippen MR) is 99.8 cm³/mol. The highest BCUT2D eigenvalue weighted by molar-refractivity contribution is 9.10. The fourth-order valence-corrected chi connectivity index (χ4v) is 2.57. The van der Waals surface area contributed by atoms with Crippen molar-refractivity contribution >= 4 is 33.4 Å². The lowest BCUT2D eigenvalue weighted by Crippen LogP contribution is -2.28. The Hall–Kier alpha value is -2.21. The third kappa shape index (κ3) is 5.67. The Labute approximate surface area is 154 Å². The zero-order valence-electron chi connectivity index (χ0n) is 14.3. The molecule has 0 heterocycles. The quantitative estimate of drug-likeness (QED) is 0.784. The number of nitrogens with one attached hydrogen (secondary N) is 2. The molecule has 0 aromatic heterocycles. The molecular weight excluding hydrogens is 387 g/mol. The van der Waals surface area contributed by atoms with Gasteiger partial charge < -0.3 is 10.6 Å². The van der Waals surface area contributed by atoms with Gasteiger partial charge in [-0.25, -0.2) is 4.39 Å². The zero-order chi connectivity index (χ0) is 18.6. The van der Waals surface area contributed by atoms with Crippen LogP contribution < -0.4 is 10.6 Å². The van der Waals surface area contributed by atoms with E-state index in [2.05, 4.69) is 26.6 Å². The monoisotopic (exact) mass is 406 g/mol. The molecule has 4 nitrogen and oxygen atoms in total. The smallest absolute Gasteiger partial charge is 0.251 e. The standard InChI is InChI=1S/C19H20BrFN2O2/c1-19(2,3)18(25)23-16-6-4-5-13(9-16)17(24)22-11-12-7-14(20)10-15(21)8-12/h4-10H,11H2,1-3H3,(H,22,24)(H,23,25). The van der Waals surface area contributed by atoms with Gasteiger partial charge in [-0.2, -0.15) is 0 Å². The highest BCUT2D eigenvalue weighted by Gasteiger charge is 2.21. The van der Waals surface area contributed by atoms with Crippen LogP contribution in [0.5, 0.6) is 0 Å². The number of hydrogen-bond acceptors (Lipinski definition) is 2. The van der Waals surface area contributed by atoms with Gasteiger partial charge in [-0.1, -0.05) is 42.8 Å². The molecule has 0 unspecified atom stereocenters. The minimum absolute atomic E-state index is 0.130. The van der Waals surface area contributed by atoms with Crippen LogP contribution in [-0.4, -0.2) is 11.8 Å². The number of rotatable bonds is 4. The molecule has 6 heteroatoms. The Bertz CT molecular complexity index is 780. The molecule has 2 amide bonds. The van der Waals surface area contributed by atoms with Gasteiger partial charge >= 0.3 is 0 Å². The summed E-state index contributed by atoms with van der Waals surface area (Å²) in [5, 5.41) is 5.53. The molecule has 0 saturated heterocycles. The van der Waals surface area contributed by atoms with Gasteiger partial charge in [0.25, 0.3) is 5.91 Å². The second-order valence-electron chi connectivity index (χ2n) is 6.75. The first-order valence-electron chi connectivity index (χ1n) is 7.80. The molecule has 0 aliphatic rings. The Morgan fingerprint density at radius 3 is 2.48 bits per heavy atom. The highest BCUT2D eigenvalue weighted by Crippen LogP contribution is 2.18. The van der Waals surface area contributed by atoms with Crippen LogP contribution in [0.1, 0.15) is 36.7 Å². The Morgan fingerprint density at radius 1 is 1.12 bits per heavy atom. The number of benzene rings is 2. The molecule has 0 aliphatic carbocycles. The number of amides is 2. The maximum Gasteiger partial charge on any atom is 0.251 e. The minimum Gasteiger partial charge on any atom is -0.348 e. The van der Waals surface area contributed by atoms with E-state index in [4.69, 9.17) is 0 Å². The van der Waals surface area contributed by atoms with Crippen LogP contribution in [0.4, 0.5) is 10.1 Å². The molecule has 0 bridgehead atoms. The molecule has 25 heavy (non-hydrogen) atoms. The summed E-state index contributed by atoms with van der Waals surface area (Å²) in [7, 11) is 0. The lowest BCUT2D eigenvalue weighted by molar-refractivity contribution is -0.123. The van der Waals surface area contributed by atoms with E-state index in [-0.39, 0.29) is 24.2 Å². The van der Waals surface area contributed by atoms with Crippen LogP contribution in [0.3, 0.4) is 0 Å². The molecular formula is C19H20BrFN2O2. The van der Waals surface area contributed by atoms with Gasteiger partial charge in [0.2, 0.25) is 5.91 Å². The Balaban J connectivity index is 2.04. The summed E-state index contributed by atoms with van der Waals surface area (Å²) < 4.78 is 14.0. The summed E-state index contributed by atoms with van der Waals surface area (Å²) in [6, 6.07) is 11.2.